The smallest absolute Gasteiger partial charge is 0.259 e. The molecule has 1 aliphatic heterocycles. The van der Waals surface area contributed by atoms with Gasteiger partial charge < -0.3 is 14.7 Å². The van der Waals surface area contributed by atoms with Crippen LogP contribution in [0.15, 0.2) is 42.6 Å². The van der Waals surface area contributed by atoms with Crippen molar-refractivity contribution in [1.29, 1.82) is 0 Å². The summed E-state index contributed by atoms with van der Waals surface area (Å²) in [5, 5.41) is 9.80. The molecule has 0 saturated carbocycles. The van der Waals surface area contributed by atoms with Crippen LogP contribution in [-0.2, 0) is 6.54 Å². The quantitative estimate of drug-likeness (QED) is 0.655. The molecule has 1 amide bonds. The molecule has 0 fully saturated rings. The highest BCUT2D eigenvalue weighted by atomic mass is 16.5. The molecule has 176 valence electrons. The summed E-state index contributed by atoms with van der Waals surface area (Å²) >= 11 is 0. The predicted molar refractivity (Wildman–Crippen MR) is 130 cm³/mol. The molecule has 0 spiro atoms. The van der Waals surface area contributed by atoms with Gasteiger partial charge in [-0.05, 0) is 32.0 Å². The maximum atomic E-state index is 13.4. The zero-order valence-electron chi connectivity index (χ0n) is 20.1. The summed E-state index contributed by atoms with van der Waals surface area (Å²) in [5.74, 6) is 6.41. The Kier molecular flexibility index (Phi) is 8.87. The second-order valence-electron chi connectivity index (χ2n) is 8.93. The van der Waals surface area contributed by atoms with Crippen LogP contribution in [-0.4, -0.2) is 64.7 Å². The topological polar surface area (TPSA) is 65.9 Å². The van der Waals surface area contributed by atoms with E-state index in [0.29, 0.717) is 30.1 Å². The number of hydrogen-bond donors (Lipinski definition) is 1. The second kappa shape index (κ2) is 11.8. The lowest BCUT2D eigenvalue weighted by Crippen LogP contribution is -2.49. The van der Waals surface area contributed by atoms with Crippen molar-refractivity contribution in [2.75, 3.05) is 26.7 Å². The van der Waals surface area contributed by atoms with Crippen molar-refractivity contribution in [3.63, 3.8) is 0 Å². The van der Waals surface area contributed by atoms with E-state index < -0.39 is 0 Å². The molecule has 6 heteroatoms. The summed E-state index contributed by atoms with van der Waals surface area (Å²) in [4.78, 5) is 21.9. The van der Waals surface area contributed by atoms with Crippen molar-refractivity contribution in [3.05, 3.63) is 59.3 Å². The largest absolute Gasteiger partial charge is 0.472 e. The van der Waals surface area contributed by atoms with Crippen LogP contribution in [0.25, 0.3) is 0 Å². The number of aliphatic hydroxyl groups is 1. The number of benzene rings is 1. The van der Waals surface area contributed by atoms with Crippen molar-refractivity contribution >= 4 is 5.91 Å². The van der Waals surface area contributed by atoms with Crippen LogP contribution in [0.2, 0.25) is 0 Å². The SMILES string of the molecule is CCCC#Cc1cnc2c(c1)C(=O)N([C@@H](C)CO)C[C@@H](C)[C@@H](CN(C)Cc1ccccc1)O2. The van der Waals surface area contributed by atoms with E-state index in [1.807, 2.05) is 25.1 Å². The molecule has 2 heterocycles. The van der Waals surface area contributed by atoms with Crippen molar-refractivity contribution in [1.82, 2.24) is 14.8 Å². The summed E-state index contributed by atoms with van der Waals surface area (Å²) in [6.45, 7) is 7.91. The predicted octanol–water partition coefficient (Wildman–Crippen LogP) is 3.59. The fraction of sp³-hybridized carbons (Fsp3) is 0.481. The highest BCUT2D eigenvalue weighted by Gasteiger charge is 2.34. The zero-order valence-corrected chi connectivity index (χ0v) is 20.1. The number of aromatic nitrogens is 1. The van der Waals surface area contributed by atoms with Crippen LogP contribution < -0.4 is 4.74 Å². The molecule has 0 bridgehead atoms. The molecular weight excluding hydrogens is 414 g/mol. The maximum absolute atomic E-state index is 13.4. The Balaban J connectivity index is 1.89. The lowest BCUT2D eigenvalue weighted by Gasteiger charge is -2.37. The van der Waals surface area contributed by atoms with Gasteiger partial charge in [0, 0.05) is 43.7 Å². The van der Waals surface area contributed by atoms with E-state index in [1.165, 1.54) is 5.56 Å². The minimum Gasteiger partial charge on any atom is -0.472 e. The summed E-state index contributed by atoms with van der Waals surface area (Å²) in [6.07, 6.45) is 3.28. The number of aliphatic hydroxyl groups excluding tert-OH is 1. The molecule has 6 nitrogen and oxygen atoms in total. The van der Waals surface area contributed by atoms with Crippen LogP contribution in [0.5, 0.6) is 5.88 Å². The van der Waals surface area contributed by atoms with Crippen molar-refractivity contribution < 1.29 is 14.6 Å². The highest BCUT2D eigenvalue weighted by Crippen LogP contribution is 2.27. The summed E-state index contributed by atoms with van der Waals surface area (Å²) < 4.78 is 6.36. The van der Waals surface area contributed by atoms with Crippen molar-refractivity contribution in [2.24, 2.45) is 5.92 Å². The Hall–Kier alpha value is -2.88. The van der Waals surface area contributed by atoms with Crippen LogP contribution in [0.1, 0.15) is 55.1 Å². The van der Waals surface area contributed by atoms with Crippen molar-refractivity contribution in [2.45, 2.75) is 52.3 Å². The summed E-state index contributed by atoms with van der Waals surface area (Å²) in [7, 11) is 2.07. The molecule has 0 radical (unpaired) electrons. The number of carbonyl (C=O) groups is 1. The molecule has 0 saturated heterocycles. The summed E-state index contributed by atoms with van der Waals surface area (Å²) in [6, 6.07) is 11.8. The van der Waals surface area contributed by atoms with Crippen LogP contribution in [0, 0.1) is 17.8 Å². The normalized spacial score (nSPS) is 19.1. The number of ether oxygens (including phenoxy) is 1. The van der Waals surface area contributed by atoms with Gasteiger partial charge in [-0.3, -0.25) is 9.69 Å². The van der Waals surface area contributed by atoms with E-state index in [1.54, 1.807) is 17.2 Å². The molecular formula is C27H35N3O3. The number of unbranched alkanes of at least 4 members (excludes halogenated alkanes) is 1. The molecule has 1 aliphatic rings. The van der Waals surface area contributed by atoms with Gasteiger partial charge in [0.25, 0.3) is 5.91 Å². The third-order valence-electron chi connectivity index (χ3n) is 5.92. The van der Waals surface area contributed by atoms with Gasteiger partial charge in [-0.1, -0.05) is 56.0 Å². The fourth-order valence-corrected chi connectivity index (χ4v) is 3.94. The summed E-state index contributed by atoms with van der Waals surface area (Å²) in [5.41, 5.74) is 2.33. The third-order valence-corrected chi connectivity index (χ3v) is 5.92. The van der Waals surface area contributed by atoms with Gasteiger partial charge in [-0.25, -0.2) is 4.98 Å². The molecule has 0 aliphatic carbocycles. The van der Waals surface area contributed by atoms with E-state index in [2.05, 4.69) is 54.8 Å². The van der Waals surface area contributed by atoms with Crippen LogP contribution in [0.3, 0.4) is 0 Å². The van der Waals surface area contributed by atoms with E-state index in [4.69, 9.17) is 4.74 Å². The van der Waals surface area contributed by atoms with Gasteiger partial charge in [-0.15, -0.1) is 0 Å². The van der Waals surface area contributed by atoms with Crippen LogP contribution in [0.4, 0.5) is 0 Å². The standard InChI is InChI=1S/C27H35N3O3/c1-5-6-8-13-23-14-24-26(28-15-23)33-25(18-29(4)17-22-11-9-7-10-12-22)20(2)16-30(27(24)32)21(3)19-31/h7,9-12,14-15,20-21,25,31H,5-6,16-19H2,1-4H3/t20-,21+,25-/m1/s1. The first kappa shape index (κ1) is 24.8. The first-order valence-electron chi connectivity index (χ1n) is 11.7. The number of likely N-dealkylation sites (N-methyl/N-ethyl adjacent to an activating group) is 1. The Bertz CT molecular complexity index is 983. The van der Waals surface area contributed by atoms with Gasteiger partial charge in [-0.2, -0.15) is 0 Å². The van der Waals surface area contributed by atoms with Gasteiger partial charge in [0.15, 0.2) is 0 Å². The van der Waals surface area contributed by atoms with E-state index >= 15 is 0 Å². The number of nitrogens with zero attached hydrogens (tertiary/aromatic N) is 3. The molecule has 1 aromatic heterocycles. The van der Waals surface area contributed by atoms with Crippen molar-refractivity contribution in [3.8, 4) is 17.7 Å². The number of fused-ring (bicyclic) bond motifs is 1. The molecule has 1 aromatic carbocycles. The number of amides is 1. The Labute approximate surface area is 197 Å². The van der Waals surface area contributed by atoms with Crippen LogP contribution >= 0.6 is 0 Å². The zero-order chi connectivity index (χ0) is 23.8. The molecule has 3 atom stereocenters. The van der Waals surface area contributed by atoms with Gasteiger partial charge in [0.1, 0.15) is 11.7 Å². The third kappa shape index (κ3) is 6.56. The molecule has 0 unspecified atom stereocenters. The van der Waals surface area contributed by atoms with Gasteiger partial charge in [0.05, 0.1) is 12.6 Å². The lowest BCUT2D eigenvalue weighted by atomic mass is 9.99. The lowest BCUT2D eigenvalue weighted by molar-refractivity contribution is 0.0325. The molecule has 1 N–H and O–H groups in total. The average molecular weight is 450 g/mol. The maximum Gasteiger partial charge on any atom is 0.259 e. The first-order valence-corrected chi connectivity index (χ1v) is 11.7. The second-order valence-corrected chi connectivity index (χ2v) is 8.93. The Morgan fingerprint density at radius 2 is 2.09 bits per heavy atom. The Morgan fingerprint density at radius 1 is 1.33 bits per heavy atom. The molecule has 33 heavy (non-hydrogen) atoms. The number of carbonyl (C=O) groups excluding carboxylic acids is 1. The monoisotopic (exact) mass is 449 g/mol. The number of pyridine rings is 1. The fourth-order valence-electron chi connectivity index (χ4n) is 3.94. The highest BCUT2D eigenvalue weighted by molar-refractivity contribution is 5.97. The minimum atomic E-state index is -0.302. The Morgan fingerprint density at radius 3 is 2.79 bits per heavy atom. The molecule has 3 rings (SSSR count). The number of rotatable bonds is 7. The molecule has 2 aromatic rings. The minimum absolute atomic E-state index is 0.0557. The van der Waals surface area contributed by atoms with E-state index in [9.17, 15) is 9.90 Å². The van der Waals surface area contributed by atoms with E-state index in [0.717, 1.165) is 19.4 Å². The average Bonchev–Trinajstić information content (AvgIpc) is 2.82. The number of hydrogen-bond acceptors (Lipinski definition) is 5. The van der Waals surface area contributed by atoms with Gasteiger partial charge >= 0.3 is 0 Å². The van der Waals surface area contributed by atoms with Gasteiger partial charge in [0.2, 0.25) is 5.88 Å². The first-order chi connectivity index (χ1) is 15.9. The van der Waals surface area contributed by atoms with E-state index in [-0.39, 0.29) is 30.6 Å².